The molecule has 0 bridgehead atoms. The topological polar surface area (TPSA) is 116 Å². The van der Waals surface area contributed by atoms with Crippen molar-refractivity contribution in [3.05, 3.63) is 35.9 Å². The number of carbonyl (C=O) groups excluding carboxylic acids is 1. The highest BCUT2D eigenvalue weighted by Crippen LogP contribution is 2.31. The highest BCUT2D eigenvalue weighted by Gasteiger charge is 2.34. The Morgan fingerprint density at radius 2 is 1.96 bits per heavy atom. The molecule has 0 aromatic heterocycles. The van der Waals surface area contributed by atoms with Crippen molar-refractivity contribution >= 4 is 21.9 Å². The molecule has 2 rings (SSSR count). The zero-order valence-electron chi connectivity index (χ0n) is 15.6. The second-order valence-corrected chi connectivity index (χ2v) is 8.75. The van der Waals surface area contributed by atoms with Crippen molar-refractivity contribution in [2.75, 3.05) is 25.9 Å². The van der Waals surface area contributed by atoms with E-state index in [0.29, 0.717) is 19.5 Å². The van der Waals surface area contributed by atoms with Crippen LogP contribution in [0.25, 0.3) is 0 Å². The molecule has 0 saturated carbocycles. The van der Waals surface area contributed by atoms with Crippen LogP contribution in [0.5, 0.6) is 0 Å². The fraction of sp³-hybridized carbons (Fsp3) is 0.556. The van der Waals surface area contributed by atoms with E-state index in [1.807, 2.05) is 35.2 Å². The summed E-state index contributed by atoms with van der Waals surface area (Å²) >= 11 is 0. The van der Waals surface area contributed by atoms with Gasteiger partial charge in [0.2, 0.25) is 15.9 Å². The summed E-state index contributed by atoms with van der Waals surface area (Å²) in [6.07, 6.45) is 2.50. The first kappa shape index (κ1) is 21.3. The standard InChI is InChI=1S/C18H27N3O5S/c1-13(18(23)24)20-17(22)16-12-15(14-6-4-3-5-7-14)8-10-21(16)11-9-19-27(2,25)26/h3-7,13,15-16,19H,8-12H2,1-2H3,(H,20,22)(H,23,24)/t13-,15-,16+/m0/s1. The van der Waals surface area contributed by atoms with Gasteiger partial charge in [-0.15, -0.1) is 0 Å². The van der Waals surface area contributed by atoms with Crippen LogP contribution in [0.1, 0.15) is 31.2 Å². The van der Waals surface area contributed by atoms with Crippen LogP contribution in [0.4, 0.5) is 0 Å². The molecule has 1 fully saturated rings. The van der Waals surface area contributed by atoms with E-state index in [9.17, 15) is 18.0 Å². The lowest BCUT2D eigenvalue weighted by molar-refractivity contribution is -0.142. The van der Waals surface area contributed by atoms with E-state index in [-0.39, 0.29) is 18.4 Å². The highest BCUT2D eigenvalue weighted by molar-refractivity contribution is 7.88. The number of piperidine rings is 1. The number of amides is 1. The molecule has 3 atom stereocenters. The van der Waals surface area contributed by atoms with Crippen LogP contribution >= 0.6 is 0 Å². The van der Waals surface area contributed by atoms with Crippen molar-refractivity contribution in [3.63, 3.8) is 0 Å². The molecule has 150 valence electrons. The first-order chi connectivity index (χ1) is 12.7. The van der Waals surface area contributed by atoms with Gasteiger partial charge in [-0.2, -0.15) is 0 Å². The van der Waals surface area contributed by atoms with Crippen molar-refractivity contribution in [1.82, 2.24) is 14.9 Å². The summed E-state index contributed by atoms with van der Waals surface area (Å²) < 4.78 is 25.0. The first-order valence-electron chi connectivity index (χ1n) is 8.94. The number of carboxylic acid groups (broad SMARTS) is 1. The van der Waals surface area contributed by atoms with Crippen molar-refractivity contribution in [2.24, 2.45) is 0 Å². The second kappa shape index (κ2) is 9.29. The summed E-state index contributed by atoms with van der Waals surface area (Å²) in [7, 11) is -3.30. The molecule has 1 aromatic rings. The molecule has 8 nitrogen and oxygen atoms in total. The minimum absolute atomic E-state index is 0.196. The van der Waals surface area contributed by atoms with E-state index in [0.717, 1.165) is 18.2 Å². The van der Waals surface area contributed by atoms with Crippen molar-refractivity contribution < 1.29 is 23.1 Å². The average Bonchev–Trinajstić information content (AvgIpc) is 2.61. The quantitative estimate of drug-likeness (QED) is 0.584. The Kier molecular flexibility index (Phi) is 7.34. The van der Waals surface area contributed by atoms with Crippen LogP contribution in [0.15, 0.2) is 30.3 Å². The maximum atomic E-state index is 12.7. The van der Waals surface area contributed by atoms with Gasteiger partial charge in [0.25, 0.3) is 0 Å². The van der Waals surface area contributed by atoms with Gasteiger partial charge in [-0.3, -0.25) is 14.5 Å². The number of hydrogen-bond donors (Lipinski definition) is 3. The number of sulfonamides is 1. The van der Waals surface area contributed by atoms with Gasteiger partial charge < -0.3 is 10.4 Å². The van der Waals surface area contributed by atoms with Crippen molar-refractivity contribution in [1.29, 1.82) is 0 Å². The third kappa shape index (κ3) is 6.60. The van der Waals surface area contributed by atoms with Gasteiger partial charge in [0.15, 0.2) is 0 Å². The molecule has 1 saturated heterocycles. The van der Waals surface area contributed by atoms with Crippen LogP contribution in [-0.2, 0) is 19.6 Å². The highest BCUT2D eigenvalue weighted by atomic mass is 32.2. The minimum atomic E-state index is -3.30. The van der Waals surface area contributed by atoms with E-state index in [4.69, 9.17) is 5.11 Å². The maximum absolute atomic E-state index is 12.7. The van der Waals surface area contributed by atoms with Gasteiger partial charge in [-0.25, -0.2) is 13.1 Å². The molecule has 1 aliphatic heterocycles. The van der Waals surface area contributed by atoms with Crippen molar-refractivity contribution in [2.45, 2.75) is 37.8 Å². The molecular formula is C18H27N3O5S. The van der Waals surface area contributed by atoms with Crippen LogP contribution in [-0.4, -0.2) is 68.3 Å². The van der Waals surface area contributed by atoms with Gasteiger partial charge in [0, 0.05) is 13.1 Å². The fourth-order valence-corrected chi connectivity index (χ4v) is 3.79. The number of likely N-dealkylation sites (tertiary alicyclic amines) is 1. The summed E-state index contributed by atoms with van der Waals surface area (Å²) in [5.41, 5.74) is 1.15. The molecule has 27 heavy (non-hydrogen) atoms. The van der Waals surface area contributed by atoms with Crippen LogP contribution < -0.4 is 10.0 Å². The smallest absolute Gasteiger partial charge is 0.325 e. The number of benzene rings is 1. The Morgan fingerprint density at radius 1 is 1.30 bits per heavy atom. The van der Waals surface area contributed by atoms with Gasteiger partial charge in [-0.1, -0.05) is 30.3 Å². The second-order valence-electron chi connectivity index (χ2n) is 6.92. The van der Waals surface area contributed by atoms with Crippen molar-refractivity contribution in [3.8, 4) is 0 Å². The fourth-order valence-electron chi connectivity index (χ4n) is 3.33. The predicted octanol–water partition coefficient (Wildman–Crippen LogP) is 0.373. The number of carbonyl (C=O) groups is 2. The first-order valence-corrected chi connectivity index (χ1v) is 10.8. The van der Waals surface area contributed by atoms with Gasteiger partial charge in [-0.05, 0) is 37.8 Å². The van der Waals surface area contributed by atoms with Gasteiger partial charge >= 0.3 is 5.97 Å². The average molecular weight is 397 g/mol. The van der Waals surface area contributed by atoms with E-state index < -0.39 is 28.1 Å². The van der Waals surface area contributed by atoms with Gasteiger partial charge in [0.05, 0.1) is 12.3 Å². The van der Waals surface area contributed by atoms with E-state index in [2.05, 4.69) is 10.0 Å². The monoisotopic (exact) mass is 397 g/mol. The number of carboxylic acids is 1. The van der Waals surface area contributed by atoms with Crippen LogP contribution in [0.2, 0.25) is 0 Å². The lowest BCUT2D eigenvalue weighted by Crippen LogP contribution is -2.55. The molecule has 1 aromatic carbocycles. The normalized spacial score (nSPS) is 22.1. The number of aliphatic carboxylic acids is 1. The molecule has 1 amide bonds. The van der Waals surface area contributed by atoms with Crippen LogP contribution in [0.3, 0.4) is 0 Å². The molecule has 0 aliphatic carbocycles. The molecular weight excluding hydrogens is 370 g/mol. The predicted molar refractivity (Wildman–Crippen MR) is 102 cm³/mol. The Bertz CT molecular complexity index is 754. The Hall–Kier alpha value is -1.97. The third-order valence-electron chi connectivity index (χ3n) is 4.78. The number of nitrogens with zero attached hydrogens (tertiary/aromatic N) is 1. The molecule has 0 radical (unpaired) electrons. The summed E-state index contributed by atoms with van der Waals surface area (Å²) in [4.78, 5) is 25.7. The molecule has 0 unspecified atom stereocenters. The molecule has 9 heteroatoms. The molecule has 3 N–H and O–H groups in total. The molecule has 1 heterocycles. The third-order valence-corrected chi connectivity index (χ3v) is 5.51. The van der Waals surface area contributed by atoms with Crippen LogP contribution in [0, 0.1) is 0 Å². The summed E-state index contributed by atoms with van der Waals surface area (Å²) in [5.74, 6) is -1.24. The Morgan fingerprint density at radius 3 is 2.56 bits per heavy atom. The van der Waals surface area contributed by atoms with Gasteiger partial charge in [0.1, 0.15) is 6.04 Å². The Balaban J connectivity index is 2.10. The minimum Gasteiger partial charge on any atom is -0.480 e. The lowest BCUT2D eigenvalue weighted by atomic mass is 9.85. The van der Waals surface area contributed by atoms with E-state index in [1.165, 1.54) is 6.92 Å². The number of nitrogens with one attached hydrogen (secondary N) is 2. The SMILES string of the molecule is C[C@H](NC(=O)[C@H]1C[C@@H](c2ccccc2)CCN1CCNS(C)(=O)=O)C(=O)O. The summed E-state index contributed by atoms with van der Waals surface area (Å²) in [5, 5.41) is 11.6. The Labute approximate surface area is 160 Å². The maximum Gasteiger partial charge on any atom is 0.325 e. The summed E-state index contributed by atoms with van der Waals surface area (Å²) in [6, 6.07) is 8.42. The van der Waals surface area contributed by atoms with E-state index in [1.54, 1.807) is 0 Å². The largest absolute Gasteiger partial charge is 0.480 e. The molecule has 1 aliphatic rings. The zero-order valence-corrected chi connectivity index (χ0v) is 16.4. The summed E-state index contributed by atoms with van der Waals surface area (Å²) in [6.45, 7) is 2.64. The molecule has 0 spiro atoms. The van der Waals surface area contributed by atoms with E-state index >= 15 is 0 Å². The zero-order chi connectivity index (χ0) is 20.0. The number of rotatable bonds is 8. The number of hydrogen-bond acceptors (Lipinski definition) is 5. The lowest BCUT2D eigenvalue weighted by Gasteiger charge is -2.39.